The van der Waals surface area contributed by atoms with Gasteiger partial charge >= 0.3 is 0 Å². The molecule has 1 fully saturated rings. The Hall–Kier alpha value is -2.02. The number of aromatic nitrogens is 4. The zero-order chi connectivity index (χ0) is 14.8. The van der Waals surface area contributed by atoms with Crippen LogP contribution >= 0.6 is 0 Å². The van der Waals surface area contributed by atoms with Crippen LogP contribution in [0.4, 0.5) is 5.82 Å². The second-order valence-electron chi connectivity index (χ2n) is 5.37. The largest absolute Gasteiger partial charge is 0.378 e. The molecule has 0 aromatic carbocycles. The number of hydrogen-bond acceptors (Lipinski definition) is 5. The Morgan fingerprint density at radius 2 is 2.00 bits per heavy atom. The molecule has 0 aliphatic carbocycles. The zero-order valence-electron chi connectivity index (χ0n) is 12.7. The average Bonchev–Trinajstić information content (AvgIpc) is 2.93. The van der Waals surface area contributed by atoms with Crippen molar-refractivity contribution in [3.63, 3.8) is 0 Å². The maximum absolute atomic E-state index is 5.36. The number of imidazole rings is 1. The molecule has 0 spiro atoms. The van der Waals surface area contributed by atoms with Crippen molar-refractivity contribution in [3.05, 3.63) is 12.7 Å². The highest BCUT2D eigenvalue weighted by Gasteiger charge is 2.14. The standard InChI is InChI=1S/C14H20N6O/c1-10(2)20-9-17-12-13(15-8-16-14(12)20)18-11(3)19-4-6-21-7-5-19/h8-10H,4-7H2,1-3H3. The van der Waals surface area contributed by atoms with Crippen LogP contribution < -0.4 is 0 Å². The molecule has 0 amide bonds. The first-order valence-corrected chi connectivity index (χ1v) is 7.22. The van der Waals surface area contributed by atoms with E-state index < -0.39 is 0 Å². The van der Waals surface area contributed by atoms with Gasteiger partial charge in [0.15, 0.2) is 17.0 Å². The van der Waals surface area contributed by atoms with Gasteiger partial charge in [-0.15, -0.1) is 0 Å². The Morgan fingerprint density at radius 1 is 1.24 bits per heavy atom. The summed E-state index contributed by atoms with van der Waals surface area (Å²) in [6, 6.07) is 0.307. The Bertz CT molecular complexity index is 657. The van der Waals surface area contributed by atoms with Crippen molar-refractivity contribution in [1.29, 1.82) is 0 Å². The molecule has 3 rings (SSSR count). The van der Waals surface area contributed by atoms with Gasteiger partial charge in [0.05, 0.1) is 19.5 Å². The summed E-state index contributed by atoms with van der Waals surface area (Å²) in [6.45, 7) is 9.42. The lowest BCUT2D eigenvalue weighted by Gasteiger charge is -2.28. The molecule has 3 heterocycles. The summed E-state index contributed by atoms with van der Waals surface area (Å²) in [4.78, 5) is 19.9. The highest BCUT2D eigenvalue weighted by molar-refractivity contribution is 5.88. The van der Waals surface area contributed by atoms with Gasteiger partial charge in [-0.2, -0.15) is 0 Å². The molecule has 21 heavy (non-hydrogen) atoms. The number of fused-ring (bicyclic) bond motifs is 1. The summed E-state index contributed by atoms with van der Waals surface area (Å²) < 4.78 is 7.39. The molecule has 0 atom stereocenters. The number of nitrogens with zero attached hydrogens (tertiary/aromatic N) is 6. The maximum atomic E-state index is 5.36. The minimum atomic E-state index is 0.307. The second kappa shape index (κ2) is 5.77. The number of hydrogen-bond donors (Lipinski definition) is 0. The van der Waals surface area contributed by atoms with Crippen LogP contribution in [0.5, 0.6) is 0 Å². The molecule has 2 aromatic heterocycles. The highest BCUT2D eigenvalue weighted by atomic mass is 16.5. The van der Waals surface area contributed by atoms with Crippen LogP contribution in [0.25, 0.3) is 11.2 Å². The van der Waals surface area contributed by atoms with Crippen LogP contribution in [0.15, 0.2) is 17.6 Å². The Morgan fingerprint density at radius 3 is 2.71 bits per heavy atom. The quantitative estimate of drug-likeness (QED) is 0.622. The lowest BCUT2D eigenvalue weighted by Crippen LogP contribution is -2.39. The molecule has 7 heteroatoms. The fraction of sp³-hybridized carbons (Fsp3) is 0.571. The Kier molecular flexibility index (Phi) is 3.83. The molecule has 2 aromatic rings. The molecular weight excluding hydrogens is 268 g/mol. The summed E-state index contributed by atoms with van der Waals surface area (Å²) in [5.74, 6) is 1.57. The monoisotopic (exact) mass is 288 g/mol. The third-order valence-electron chi connectivity index (χ3n) is 3.63. The minimum Gasteiger partial charge on any atom is -0.378 e. The van der Waals surface area contributed by atoms with Crippen molar-refractivity contribution in [3.8, 4) is 0 Å². The summed E-state index contributed by atoms with van der Waals surface area (Å²) in [6.07, 6.45) is 3.35. The van der Waals surface area contributed by atoms with Gasteiger partial charge in [-0.25, -0.2) is 19.9 Å². The zero-order valence-corrected chi connectivity index (χ0v) is 12.7. The van der Waals surface area contributed by atoms with Crippen molar-refractivity contribution in [2.24, 2.45) is 4.99 Å². The lowest BCUT2D eigenvalue weighted by atomic mass is 10.4. The van der Waals surface area contributed by atoms with Crippen LogP contribution in [-0.2, 0) is 4.74 Å². The van der Waals surface area contributed by atoms with Gasteiger partial charge in [0.25, 0.3) is 0 Å². The molecule has 1 aliphatic rings. The van der Waals surface area contributed by atoms with Crippen molar-refractivity contribution < 1.29 is 4.74 Å². The van der Waals surface area contributed by atoms with E-state index in [-0.39, 0.29) is 0 Å². The van der Waals surface area contributed by atoms with Crippen molar-refractivity contribution in [1.82, 2.24) is 24.4 Å². The van der Waals surface area contributed by atoms with Crippen LogP contribution in [0, 0.1) is 0 Å². The van der Waals surface area contributed by atoms with E-state index in [1.165, 1.54) is 0 Å². The molecule has 112 valence electrons. The third-order valence-corrected chi connectivity index (χ3v) is 3.63. The van der Waals surface area contributed by atoms with Gasteiger partial charge in [-0.1, -0.05) is 0 Å². The van der Waals surface area contributed by atoms with Crippen molar-refractivity contribution in [2.75, 3.05) is 26.3 Å². The van der Waals surface area contributed by atoms with Crippen LogP contribution in [0.1, 0.15) is 26.8 Å². The van der Waals surface area contributed by atoms with Crippen molar-refractivity contribution >= 4 is 22.8 Å². The van der Waals surface area contributed by atoms with Gasteiger partial charge < -0.3 is 14.2 Å². The van der Waals surface area contributed by atoms with E-state index in [1.54, 1.807) is 12.7 Å². The van der Waals surface area contributed by atoms with Gasteiger partial charge in [0.1, 0.15) is 12.2 Å². The molecule has 0 N–H and O–H groups in total. The summed E-state index contributed by atoms with van der Waals surface area (Å²) in [5.41, 5.74) is 1.58. The topological polar surface area (TPSA) is 68.4 Å². The van der Waals surface area contributed by atoms with Gasteiger partial charge in [0.2, 0.25) is 0 Å². The van der Waals surface area contributed by atoms with E-state index >= 15 is 0 Å². The third kappa shape index (κ3) is 2.73. The number of aliphatic imine (C=N–C) groups is 1. The number of rotatable bonds is 2. The molecule has 1 saturated heterocycles. The fourth-order valence-electron chi connectivity index (χ4n) is 2.41. The van der Waals surface area contributed by atoms with E-state index in [1.807, 2.05) is 11.5 Å². The van der Waals surface area contributed by atoms with Crippen LogP contribution in [-0.4, -0.2) is 56.6 Å². The van der Waals surface area contributed by atoms with Crippen molar-refractivity contribution in [2.45, 2.75) is 26.8 Å². The number of amidine groups is 1. The molecule has 0 radical (unpaired) electrons. The Balaban J connectivity index is 1.96. The average molecular weight is 288 g/mol. The molecule has 0 bridgehead atoms. The Labute approximate surface area is 123 Å². The normalized spacial score (nSPS) is 17.0. The van der Waals surface area contributed by atoms with E-state index in [2.05, 4.69) is 38.7 Å². The summed E-state index contributed by atoms with van der Waals surface area (Å²) in [5, 5.41) is 0. The highest BCUT2D eigenvalue weighted by Crippen LogP contribution is 2.22. The molecule has 7 nitrogen and oxygen atoms in total. The molecule has 0 saturated carbocycles. The van der Waals surface area contributed by atoms with Crippen LogP contribution in [0.2, 0.25) is 0 Å². The SMILES string of the molecule is CC(=Nc1ncnc2c1ncn2C(C)C)N1CCOCC1. The second-order valence-corrected chi connectivity index (χ2v) is 5.37. The minimum absolute atomic E-state index is 0.307. The van der Waals surface area contributed by atoms with Gasteiger partial charge in [-0.05, 0) is 20.8 Å². The molecule has 1 aliphatic heterocycles. The first-order chi connectivity index (χ1) is 10.2. The van der Waals surface area contributed by atoms with Gasteiger partial charge in [0, 0.05) is 19.1 Å². The first kappa shape index (κ1) is 13.9. The summed E-state index contributed by atoms with van der Waals surface area (Å²) in [7, 11) is 0. The molecular formula is C14H20N6O. The summed E-state index contributed by atoms with van der Waals surface area (Å²) >= 11 is 0. The number of ether oxygens (including phenoxy) is 1. The predicted molar refractivity (Wildman–Crippen MR) is 80.9 cm³/mol. The lowest BCUT2D eigenvalue weighted by molar-refractivity contribution is 0.0678. The van der Waals surface area contributed by atoms with E-state index in [0.29, 0.717) is 11.9 Å². The number of morpholine rings is 1. The molecule has 0 unspecified atom stereocenters. The van der Waals surface area contributed by atoms with E-state index in [0.717, 1.165) is 43.3 Å². The fourth-order valence-corrected chi connectivity index (χ4v) is 2.41. The first-order valence-electron chi connectivity index (χ1n) is 7.22. The maximum Gasteiger partial charge on any atom is 0.185 e. The van der Waals surface area contributed by atoms with Crippen LogP contribution in [0.3, 0.4) is 0 Å². The van der Waals surface area contributed by atoms with Gasteiger partial charge in [-0.3, -0.25) is 0 Å². The van der Waals surface area contributed by atoms with E-state index in [9.17, 15) is 0 Å². The van der Waals surface area contributed by atoms with E-state index in [4.69, 9.17) is 4.74 Å². The predicted octanol–water partition coefficient (Wildman–Crippen LogP) is 1.79. The smallest absolute Gasteiger partial charge is 0.185 e.